The Labute approximate surface area is 126 Å². The number of benzene rings is 1. The van der Waals surface area contributed by atoms with Gasteiger partial charge in [-0.1, -0.05) is 44.2 Å². The van der Waals surface area contributed by atoms with Gasteiger partial charge in [-0.25, -0.2) is 0 Å². The molecule has 0 fully saturated rings. The zero-order chi connectivity index (χ0) is 15.8. The van der Waals surface area contributed by atoms with E-state index in [2.05, 4.69) is 0 Å². The minimum absolute atomic E-state index is 0.260. The lowest BCUT2D eigenvalue weighted by Crippen LogP contribution is -2.31. The van der Waals surface area contributed by atoms with Crippen LogP contribution in [0.4, 0.5) is 0 Å². The first-order chi connectivity index (χ1) is 10.0. The van der Waals surface area contributed by atoms with Crippen LogP contribution in [-0.2, 0) is 19.1 Å². The number of hydrogen-bond acceptors (Lipinski definition) is 4. The lowest BCUT2D eigenvalue weighted by Gasteiger charge is -2.27. The van der Waals surface area contributed by atoms with Crippen LogP contribution in [0, 0.1) is 11.8 Å². The number of carbonyl (C=O) groups excluding carboxylic acids is 2. The highest BCUT2D eigenvalue weighted by atomic mass is 16.5. The third-order valence-electron chi connectivity index (χ3n) is 3.58. The molecule has 1 aromatic rings. The van der Waals surface area contributed by atoms with Crippen molar-refractivity contribution in [3.8, 4) is 0 Å². The van der Waals surface area contributed by atoms with Gasteiger partial charge in [0.2, 0.25) is 0 Å². The predicted molar refractivity (Wildman–Crippen MR) is 80.8 cm³/mol. The highest BCUT2D eigenvalue weighted by molar-refractivity contribution is 5.78. The summed E-state index contributed by atoms with van der Waals surface area (Å²) < 4.78 is 10.2. The molecule has 0 aliphatic heterocycles. The molecule has 0 radical (unpaired) electrons. The second kappa shape index (κ2) is 8.45. The maximum Gasteiger partial charge on any atom is 0.309 e. The normalized spacial score (nSPS) is 13.6. The molecule has 0 bridgehead atoms. The van der Waals surface area contributed by atoms with Crippen molar-refractivity contribution >= 4 is 11.9 Å². The number of rotatable bonds is 7. The van der Waals surface area contributed by atoms with Crippen molar-refractivity contribution < 1.29 is 19.1 Å². The van der Waals surface area contributed by atoms with E-state index in [0.717, 1.165) is 5.56 Å². The Morgan fingerprint density at radius 3 is 1.71 bits per heavy atom. The van der Waals surface area contributed by atoms with Crippen molar-refractivity contribution in [2.75, 3.05) is 13.2 Å². The number of carbonyl (C=O) groups is 2. The molecule has 0 saturated heterocycles. The third-order valence-corrected chi connectivity index (χ3v) is 3.58. The second-order valence-electron chi connectivity index (χ2n) is 5.02. The highest BCUT2D eigenvalue weighted by Gasteiger charge is 2.35. The third kappa shape index (κ3) is 4.59. The van der Waals surface area contributed by atoms with Gasteiger partial charge < -0.3 is 9.47 Å². The minimum Gasteiger partial charge on any atom is -0.466 e. The molecular formula is C17H24O4. The highest BCUT2D eigenvalue weighted by Crippen LogP contribution is 2.33. The Morgan fingerprint density at radius 2 is 1.33 bits per heavy atom. The molecule has 0 heterocycles. The molecule has 4 nitrogen and oxygen atoms in total. The standard InChI is InChI=1S/C17H24O4/c1-5-20-16(18)12(3)15(13(4)17(19)21-6-2)14-10-8-7-9-11-14/h7-13,15H,5-6H2,1-4H3/t12-,13-/m0/s1. The molecule has 0 aromatic heterocycles. The number of esters is 2. The molecule has 1 rings (SSSR count). The summed E-state index contributed by atoms with van der Waals surface area (Å²) in [5.41, 5.74) is 0.943. The predicted octanol–water partition coefficient (Wildman–Crippen LogP) is 3.17. The van der Waals surface area contributed by atoms with Gasteiger partial charge in [-0.05, 0) is 19.4 Å². The van der Waals surface area contributed by atoms with E-state index in [-0.39, 0.29) is 17.9 Å². The molecule has 0 spiro atoms. The fourth-order valence-electron chi connectivity index (χ4n) is 2.53. The molecule has 1 aromatic carbocycles. The maximum atomic E-state index is 12.1. The van der Waals surface area contributed by atoms with Crippen LogP contribution in [0.3, 0.4) is 0 Å². The molecule has 2 atom stereocenters. The van der Waals surface area contributed by atoms with E-state index in [4.69, 9.17) is 9.47 Å². The van der Waals surface area contributed by atoms with Crippen LogP contribution in [-0.4, -0.2) is 25.2 Å². The lowest BCUT2D eigenvalue weighted by molar-refractivity contribution is -0.152. The molecule has 21 heavy (non-hydrogen) atoms. The van der Waals surface area contributed by atoms with Crippen LogP contribution in [0.5, 0.6) is 0 Å². The Kier molecular flexibility index (Phi) is 6.92. The van der Waals surface area contributed by atoms with Crippen molar-refractivity contribution in [3.05, 3.63) is 35.9 Å². The van der Waals surface area contributed by atoms with Gasteiger partial charge in [0.25, 0.3) is 0 Å². The van der Waals surface area contributed by atoms with Gasteiger partial charge in [0.1, 0.15) is 0 Å². The summed E-state index contributed by atoms with van der Waals surface area (Å²) >= 11 is 0. The summed E-state index contributed by atoms with van der Waals surface area (Å²) in [6.07, 6.45) is 0. The van der Waals surface area contributed by atoms with Gasteiger partial charge in [0.15, 0.2) is 0 Å². The molecular weight excluding hydrogens is 268 g/mol. The average Bonchev–Trinajstić information content (AvgIpc) is 2.48. The van der Waals surface area contributed by atoms with Crippen LogP contribution in [0.2, 0.25) is 0 Å². The van der Waals surface area contributed by atoms with E-state index in [1.54, 1.807) is 27.7 Å². The molecule has 0 N–H and O–H groups in total. The zero-order valence-electron chi connectivity index (χ0n) is 13.2. The van der Waals surface area contributed by atoms with Crippen LogP contribution in [0.1, 0.15) is 39.2 Å². The van der Waals surface area contributed by atoms with Crippen molar-refractivity contribution in [1.82, 2.24) is 0 Å². The SMILES string of the molecule is CCOC(=O)[C@@H](C)C(c1ccccc1)[C@H](C)C(=O)OCC. The topological polar surface area (TPSA) is 52.6 Å². The van der Waals surface area contributed by atoms with Gasteiger partial charge >= 0.3 is 11.9 Å². The van der Waals surface area contributed by atoms with E-state index in [1.807, 2.05) is 30.3 Å². The summed E-state index contributed by atoms with van der Waals surface area (Å²) in [6, 6.07) is 9.56. The summed E-state index contributed by atoms with van der Waals surface area (Å²) in [6.45, 7) is 7.81. The Hall–Kier alpha value is -1.84. The summed E-state index contributed by atoms with van der Waals surface area (Å²) in [5.74, 6) is -1.66. The van der Waals surface area contributed by atoms with Crippen LogP contribution >= 0.6 is 0 Å². The second-order valence-corrected chi connectivity index (χ2v) is 5.02. The quantitative estimate of drug-likeness (QED) is 0.724. The number of ether oxygens (including phenoxy) is 2. The van der Waals surface area contributed by atoms with Crippen LogP contribution < -0.4 is 0 Å². The first-order valence-electron chi connectivity index (χ1n) is 7.41. The van der Waals surface area contributed by atoms with E-state index >= 15 is 0 Å². The summed E-state index contributed by atoms with van der Waals surface area (Å²) in [5, 5.41) is 0. The van der Waals surface area contributed by atoms with E-state index in [1.165, 1.54) is 0 Å². The van der Waals surface area contributed by atoms with Gasteiger partial charge in [0, 0.05) is 5.92 Å². The average molecular weight is 292 g/mol. The first-order valence-corrected chi connectivity index (χ1v) is 7.41. The van der Waals surface area contributed by atoms with Crippen molar-refractivity contribution in [2.45, 2.75) is 33.6 Å². The Bertz CT molecular complexity index is 431. The van der Waals surface area contributed by atoms with Crippen molar-refractivity contribution in [3.63, 3.8) is 0 Å². The summed E-state index contributed by atoms with van der Waals surface area (Å²) in [7, 11) is 0. The Balaban J connectivity index is 3.05. The molecule has 0 unspecified atom stereocenters. The Morgan fingerprint density at radius 1 is 0.905 bits per heavy atom. The molecule has 0 saturated carbocycles. The summed E-state index contributed by atoms with van der Waals surface area (Å²) in [4.78, 5) is 24.1. The van der Waals surface area contributed by atoms with Gasteiger partial charge in [-0.2, -0.15) is 0 Å². The fourth-order valence-corrected chi connectivity index (χ4v) is 2.53. The molecule has 0 aliphatic carbocycles. The van der Waals surface area contributed by atoms with Gasteiger partial charge in [-0.3, -0.25) is 9.59 Å². The van der Waals surface area contributed by atoms with Crippen LogP contribution in [0.15, 0.2) is 30.3 Å². The van der Waals surface area contributed by atoms with E-state index in [0.29, 0.717) is 13.2 Å². The van der Waals surface area contributed by atoms with Gasteiger partial charge in [0.05, 0.1) is 25.0 Å². The monoisotopic (exact) mass is 292 g/mol. The number of hydrogen-bond donors (Lipinski definition) is 0. The maximum absolute atomic E-state index is 12.1. The lowest BCUT2D eigenvalue weighted by atomic mass is 9.78. The molecule has 116 valence electrons. The van der Waals surface area contributed by atoms with E-state index < -0.39 is 11.8 Å². The van der Waals surface area contributed by atoms with E-state index in [9.17, 15) is 9.59 Å². The van der Waals surface area contributed by atoms with Gasteiger partial charge in [-0.15, -0.1) is 0 Å². The zero-order valence-corrected chi connectivity index (χ0v) is 13.2. The first kappa shape index (κ1) is 17.2. The minimum atomic E-state index is -0.410. The van der Waals surface area contributed by atoms with Crippen LogP contribution in [0.25, 0.3) is 0 Å². The van der Waals surface area contributed by atoms with Crippen molar-refractivity contribution in [2.24, 2.45) is 11.8 Å². The molecule has 0 aliphatic rings. The molecule has 4 heteroatoms. The van der Waals surface area contributed by atoms with Crippen molar-refractivity contribution in [1.29, 1.82) is 0 Å². The molecule has 0 amide bonds. The largest absolute Gasteiger partial charge is 0.466 e. The fraction of sp³-hybridized carbons (Fsp3) is 0.529. The smallest absolute Gasteiger partial charge is 0.309 e.